The molecule has 0 amide bonds. The molecule has 3 heteroatoms. The molecule has 1 N–H and O–H groups in total. The van der Waals surface area contributed by atoms with E-state index >= 15 is 0 Å². The van der Waals surface area contributed by atoms with E-state index in [1.54, 1.807) is 13.2 Å². The van der Waals surface area contributed by atoms with E-state index in [1.807, 2.05) is 6.92 Å². The molecule has 0 fully saturated rings. The maximum absolute atomic E-state index is 8.87. The Morgan fingerprint density at radius 2 is 2.30 bits per heavy atom. The van der Waals surface area contributed by atoms with Crippen LogP contribution in [0.1, 0.15) is 5.56 Å². The number of hydrogen-bond acceptors (Lipinski definition) is 3. The van der Waals surface area contributed by atoms with Crippen molar-refractivity contribution < 1.29 is 9.84 Å². The Morgan fingerprint density at radius 1 is 1.60 bits per heavy atom. The quantitative estimate of drug-likeness (QED) is 0.633. The predicted molar refractivity (Wildman–Crippen MR) is 37.2 cm³/mol. The molecule has 0 saturated carbocycles. The van der Waals surface area contributed by atoms with Gasteiger partial charge in [-0.1, -0.05) is 0 Å². The van der Waals surface area contributed by atoms with Crippen molar-refractivity contribution in [1.29, 1.82) is 0 Å². The molecule has 0 saturated heterocycles. The van der Waals surface area contributed by atoms with Gasteiger partial charge in [-0.3, -0.25) is 0 Å². The molecule has 3 nitrogen and oxygen atoms in total. The zero-order valence-corrected chi connectivity index (χ0v) is 5.96. The van der Waals surface area contributed by atoms with Gasteiger partial charge in [-0.05, 0) is 12.5 Å². The molecule has 0 spiro atoms. The summed E-state index contributed by atoms with van der Waals surface area (Å²) in [6, 6.07) is 1.55. The average Bonchev–Trinajstić information content (AvgIpc) is 1.88. The van der Waals surface area contributed by atoms with Gasteiger partial charge in [0.15, 0.2) is 0 Å². The molecular formula is C7H9NO2. The zero-order chi connectivity index (χ0) is 7.56. The lowest BCUT2D eigenvalue weighted by Gasteiger charge is -2.01. The Labute approximate surface area is 59.3 Å². The summed E-state index contributed by atoms with van der Waals surface area (Å²) in [4.78, 5) is 3.64. The van der Waals surface area contributed by atoms with Gasteiger partial charge in [0.2, 0.25) is 5.88 Å². The first-order chi connectivity index (χ1) is 4.74. The van der Waals surface area contributed by atoms with Gasteiger partial charge in [0.25, 0.3) is 0 Å². The van der Waals surface area contributed by atoms with Crippen molar-refractivity contribution in [3.8, 4) is 11.6 Å². The van der Waals surface area contributed by atoms with Gasteiger partial charge in [-0.15, -0.1) is 0 Å². The van der Waals surface area contributed by atoms with Crippen LogP contribution in [0.15, 0.2) is 12.3 Å². The molecule has 0 unspecified atom stereocenters. The highest BCUT2D eigenvalue weighted by molar-refractivity contribution is 5.32. The summed E-state index contributed by atoms with van der Waals surface area (Å²) < 4.78 is 4.93. The van der Waals surface area contributed by atoms with Crippen molar-refractivity contribution >= 4 is 0 Å². The zero-order valence-electron chi connectivity index (χ0n) is 5.96. The van der Waals surface area contributed by atoms with Crippen LogP contribution in [0.3, 0.4) is 0 Å². The highest BCUT2D eigenvalue weighted by Crippen LogP contribution is 2.18. The fraction of sp³-hybridized carbons (Fsp3) is 0.286. The maximum Gasteiger partial charge on any atom is 0.211 e. The van der Waals surface area contributed by atoms with Crippen LogP contribution in [0, 0.1) is 6.92 Å². The monoisotopic (exact) mass is 139 g/mol. The van der Waals surface area contributed by atoms with Crippen molar-refractivity contribution in [3.63, 3.8) is 0 Å². The number of aromatic nitrogens is 1. The van der Waals surface area contributed by atoms with E-state index in [9.17, 15) is 0 Å². The van der Waals surface area contributed by atoms with E-state index in [-0.39, 0.29) is 5.88 Å². The second-order valence-corrected chi connectivity index (χ2v) is 2.01. The number of ether oxygens (including phenoxy) is 1. The van der Waals surface area contributed by atoms with Gasteiger partial charge < -0.3 is 9.84 Å². The Kier molecular flexibility index (Phi) is 1.76. The van der Waals surface area contributed by atoms with E-state index in [0.29, 0.717) is 5.75 Å². The van der Waals surface area contributed by atoms with E-state index < -0.39 is 0 Å². The van der Waals surface area contributed by atoms with Crippen molar-refractivity contribution in [2.75, 3.05) is 7.11 Å². The highest BCUT2D eigenvalue weighted by Gasteiger charge is 1.97. The number of aryl methyl sites for hydroxylation is 1. The van der Waals surface area contributed by atoms with Gasteiger partial charge >= 0.3 is 0 Å². The van der Waals surface area contributed by atoms with Gasteiger partial charge in [-0.2, -0.15) is 0 Å². The fourth-order valence-electron chi connectivity index (χ4n) is 0.742. The van der Waals surface area contributed by atoms with Gasteiger partial charge in [0, 0.05) is 6.07 Å². The lowest BCUT2D eigenvalue weighted by Crippen LogP contribution is -1.87. The second-order valence-electron chi connectivity index (χ2n) is 2.01. The molecule has 0 aromatic carbocycles. The maximum atomic E-state index is 8.87. The van der Waals surface area contributed by atoms with Gasteiger partial charge in [-0.25, -0.2) is 4.98 Å². The summed E-state index contributed by atoms with van der Waals surface area (Å²) in [5.74, 6) is 0.719. The molecule has 1 aromatic rings. The number of aromatic hydroxyl groups is 1. The Bertz CT molecular complexity index is 235. The Balaban J connectivity index is 3.07. The summed E-state index contributed by atoms with van der Waals surface area (Å²) >= 11 is 0. The van der Waals surface area contributed by atoms with Crippen LogP contribution < -0.4 is 4.74 Å². The second kappa shape index (κ2) is 2.56. The summed E-state index contributed by atoms with van der Waals surface area (Å²) in [6.45, 7) is 1.85. The SMILES string of the molecule is COc1cnc(O)cc1C. The molecule has 54 valence electrons. The van der Waals surface area contributed by atoms with E-state index in [0.717, 1.165) is 5.56 Å². The molecule has 10 heavy (non-hydrogen) atoms. The van der Waals surface area contributed by atoms with Crippen LogP contribution in [0.5, 0.6) is 11.6 Å². The van der Waals surface area contributed by atoms with Gasteiger partial charge in [0.05, 0.1) is 13.3 Å². The molecule has 0 aliphatic rings. The van der Waals surface area contributed by atoms with Crippen LogP contribution in [-0.2, 0) is 0 Å². The number of methoxy groups -OCH3 is 1. The molecule has 1 aromatic heterocycles. The van der Waals surface area contributed by atoms with Crippen molar-refractivity contribution in [1.82, 2.24) is 4.98 Å². The molecule has 0 bridgehead atoms. The largest absolute Gasteiger partial charge is 0.495 e. The first-order valence-electron chi connectivity index (χ1n) is 2.93. The normalized spacial score (nSPS) is 9.40. The average molecular weight is 139 g/mol. The van der Waals surface area contributed by atoms with Crippen LogP contribution in [0.2, 0.25) is 0 Å². The van der Waals surface area contributed by atoms with E-state index in [1.165, 1.54) is 6.20 Å². The highest BCUT2D eigenvalue weighted by atomic mass is 16.5. The minimum Gasteiger partial charge on any atom is -0.495 e. The third-order valence-electron chi connectivity index (χ3n) is 1.27. The summed E-state index contributed by atoms with van der Waals surface area (Å²) in [7, 11) is 1.57. The first kappa shape index (κ1) is 6.86. The van der Waals surface area contributed by atoms with Crippen molar-refractivity contribution in [2.24, 2.45) is 0 Å². The van der Waals surface area contributed by atoms with Crippen molar-refractivity contribution in [2.45, 2.75) is 6.92 Å². The lowest BCUT2D eigenvalue weighted by molar-refractivity contribution is 0.402. The smallest absolute Gasteiger partial charge is 0.211 e. The van der Waals surface area contributed by atoms with Gasteiger partial charge in [0.1, 0.15) is 5.75 Å². The molecule has 0 radical (unpaired) electrons. The summed E-state index contributed by atoms with van der Waals surface area (Å²) in [6.07, 6.45) is 1.49. The number of pyridine rings is 1. The minimum atomic E-state index is 0.0262. The molecular weight excluding hydrogens is 130 g/mol. The van der Waals surface area contributed by atoms with Crippen molar-refractivity contribution in [3.05, 3.63) is 17.8 Å². The van der Waals surface area contributed by atoms with E-state index in [2.05, 4.69) is 4.98 Å². The Morgan fingerprint density at radius 3 is 2.80 bits per heavy atom. The third kappa shape index (κ3) is 1.18. The fourth-order valence-corrected chi connectivity index (χ4v) is 0.742. The third-order valence-corrected chi connectivity index (χ3v) is 1.27. The lowest BCUT2D eigenvalue weighted by atomic mass is 10.3. The standard InChI is InChI=1S/C7H9NO2/c1-5-3-7(9)8-4-6(5)10-2/h3-4H,1-2H3,(H,8,9). The van der Waals surface area contributed by atoms with E-state index in [4.69, 9.17) is 9.84 Å². The molecule has 0 aliphatic carbocycles. The summed E-state index contributed by atoms with van der Waals surface area (Å²) in [5.41, 5.74) is 0.884. The molecule has 0 atom stereocenters. The molecule has 1 rings (SSSR count). The number of nitrogens with zero attached hydrogens (tertiary/aromatic N) is 1. The first-order valence-corrected chi connectivity index (χ1v) is 2.93. The predicted octanol–water partition coefficient (Wildman–Crippen LogP) is 1.10. The van der Waals surface area contributed by atoms with Crippen LogP contribution >= 0.6 is 0 Å². The summed E-state index contributed by atoms with van der Waals surface area (Å²) in [5, 5.41) is 8.87. The Hall–Kier alpha value is -1.25. The van der Waals surface area contributed by atoms with Crippen LogP contribution in [-0.4, -0.2) is 17.2 Å². The van der Waals surface area contributed by atoms with Crippen LogP contribution in [0.25, 0.3) is 0 Å². The van der Waals surface area contributed by atoms with Crippen LogP contribution in [0.4, 0.5) is 0 Å². The number of rotatable bonds is 1. The molecule has 1 heterocycles. The minimum absolute atomic E-state index is 0.0262. The number of hydrogen-bond donors (Lipinski definition) is 1. The molecule has 0 aliphatic heterocycles. The topological polar surface area (TPSA) is 42.4 Å².